The molecule has 6 nitrogen and oxygen atoms in total. The smallest absolute Gasteiger partial charge is 0.323 e. The number of amides is 1. The maximum Gasteiger partial charge on any atom is 0.323 e. The van der Waals surface area contributed by atoms with E-state index in [9.17, 15) is 14.4 Å². The molecule has 0 saturated carbocycles. The van der Waals surface area contributed by atoms with E-state index < -0.39 is 30.9 Å². The van der Waals surface area contributed by atoms with Crippen LogP contribution < -0.4 is 0 Å². The highest BCUT2D eigenvalue weighted by Crippen LogP contribution is 2.26. The van der Waals surface area contributed by atoms with Gasteiger partial charge in [0.15, 0.2) is 0 Å². The number of nitrogens with zero attached hydrogens (tertiary/aromatic N) is 1. The van der Waals surface area contributed by atoms with Gasteiger partial charge in [-0.2, -0.15) is 0 Å². The summed E-state index contributed by atoms with van der Waals surface area (Å²) in [5.74, 6) is -3.17. The van der Waals surface area contributed by atoms with Crippen LogP contribution in [0.2, 0.25) is 5.02 Å². The minimum atomic E-state index is -1.26. The second-order valence-corrected chi connectivity index (χ2v) is 5.18. The Kier molecular flexibility index (Phi) is 6.33. The minimum Gasteiger partial charge on any atom is -0.480 e. The normalized spacial score (nSPS) is 10.1. The molecule has 0 spiro atoms. The molecule has 1 rings (SSSR count). The number of hydrogen-bond acceptors (Lipinski definition) is 4. The molecule has 0 aliphatic carbocycles. The maximum absolute atomic E-state index is 11.8. The Labute approximate surface area is 124 Å². The van der Waals surface area contributed by atoms with Gasteiger partial charge in [-0.25, -0.2) is 0 Å². The molecule has 0 bridgehead atoms. The molecule has 20 heavy (non-hydrogen) atoms. The van der Waals surface area contributed by atoms with E-state index in [-0.39, 0.29) is 5.75 Å². The number of carbonyl (C=O) groups is 3. The summed E-state index contributed by atoms with van der Waals surface area (Å²) in [4.78, 5) is 34.5. The monoisotopic (exact) mass is 317 g/mol. The number of rotatable bonds is 7. The Morgan fingerprint density at radius 1 is 1.10 bits per heavy atom. The molecule has 0 fully saturated rings. The van der Waals surface area contributed by atoms with Gasteiger partial charge in [-0.1, -0.05) is 23.7 Å². The molecule has 8 heteroatoms. The van der Waals surface area contributed by atoms with Crippen LogP contribution in [-0.4, -0.2) is 51.8 Å². The molecule has 0 aliphatic rings. The quantitative estimate of drug-likeness (QED) is 0.739. The zero-order valence-electron chi connectivity index (χ0n) is 10.3. The van der Waals surface area contributed by atoms with Gasteiger partial charge in [0.1, 0.15) is 13.1 Å². The molecule has 1 aromatic carbocycles. The van der Waals surface area contributed by atoms with Crippen LogP contribution in [0.4, 0.5) is 0 Å². The van der Waals surface area contributed by atoms with Crippen LogP contribution in [0.5, 0.6) is 0 Å². The summed E-state index contributed by atoms with van der Waals surface area (Å²) in [6.07, 6.45) is 0. The lowest BCUT2D eigenvalue weighted by molar-refractivity contribution is -0.148. The van der Waals surface area contributed by atoms with Crippen molar-refractivity contribution >= 4 is 41.2 Å². The maximum atomic E-state index is 11.8. The molecule has 0 unspecified atom stereocenters. The fourth-order valence-electron chi connectivity index (χ4n) is 1.35. The van der Waals surface area contributed by atoms with Crippen molar-refractivity contribution in [2.75, 3.05) is 18.8 Å². The standard InChI is InChI=1S/C12H12ClNO5S/c13-8-3-1-2-4-9(8)20-7-10(15)14(5-11(16)17)6-12(18)19/h1-4H,5-7H2,(H,16,17)(H,18,19). The third-order valence-electron chi connectivity index (χ3n) is 2.19. The average Bonchev–Trinajstić information content (AvgIpc) is 2.35. The first-order valence-electron chi connectivity index (χ1n) is 5.49. The number of halogens is 1. The van der Waals surface area contributed by atoms with Crippen molar-refractivity contribution in [3.63, 3.8) is 0 Å². The predicted molar refractivity (Wildman–Crippen MR) is 74.0 cm³/mol. The molecule has 108 valence electrons. The number of hydrogen-bond donors (Lipinski definition) is 2. The van der Waals surface area contributed by atoms with E-state index in [0.29, 0.717) is 9.92 Å². The number of carboxylic acid groups (broad SMARTS) is 2. The Morgan fingerprint density at radius 2 is 1.65 bits per heavy atom. The van der Waals surface area contributed by atoms with E-state index in [2.05, 4.69) is 0 Å². The number of benzene rings is 1. The first kappa shape index (κ1) is 16.3. The van der Waals surface area contributed by atoms with Crippen molar-refractivity contribution in [1.82, 2.24) is 4.90 Å². The van der Waals surface area contributed by atoms with Crippen molar-refractivity contribution in [2.45, 2.75) is 4.90 Å². The van der Waals surface area contributed by atoms with Crippen LogP contribution in [0.3, 0.4) is 0 Å². The summed E-state index contributed by atoms with van der Waals surface area (Å²) < 4.78 is 0. The van der Waals surface area contributed by atoms with Gasteiger partial charge in [0.2, 0.25) is 5.91 Å². The molecule has 0 heterocycles. The highest BCUT2D eigenvalue weighted by molar-refractivity contribution is 8.00. The molecular formula is C12H12ClNO5S. The van der Waals surface area contributed by atoms with Gasteiger partial charge in [0.05, 0.1) is 10.8 Å². The molecule has 2 N–H and O–H groups in total. The van der Waals surface area contributed by atoms with Gasteiger partial charge in [0, 0.05) is 4.90 Å². The van der Waals surface area contributed by atoms with E-state index >= 15 is 0 Å². The van der Waals surface area contributed by atoms with Gasteiger partial charge in [-0.15, -0.1) is 11.8 Å². The summed E-state index contributed by atoms with van der Waals surface area (Å²) in [6.45, 7) is -1.29. The van der Waals surface area contributed by atoms with E-state index in [1.165, 1.54) is 0 Å². The van der Waals surface area contributed by atoms with Gasteiger partial charge >= 0.3 is 11.9 Å². The Balaban J connectivity index is 2.64. The van der Waals surface area contributed by atoms with Gasteiger partial charge in [-0.3, -0.25) is 14.4 Å². The lowest BCUT2D eigenvalue weighted by atomic mass is 10.4. The van der Waals surface area contributed by atoms with Crippen LogP contribution in [0.1, 0.15) is 0 Å². The van der Waals surface area contributed by atoms with Crippen LogP contribution in [0.15, 0.2) is 29.2 Å². The highest BCUT2D eigenvalue weighted by Gasteiger charge is 2.19. The van der Waals surface area contributed by atoms with Crippen molar-refractivity contribution in [3.05, 3.63) is 29.3 Å². The first-order chi connectivity index (χ1) is 9.40. The molecule has 1 aromatic rings. The van der Waals surface area contributed by atoms with Crippen molar-refractivity contribution in [3.8, 4) is 0 Å². The fraction of sp³-hybridized carbons (Fsp3) is 0.250. The Morgan fingerprint density at radius 3 is 2.15 bits per heavy atom. The molecule has 0 aromatic heterocycles. The van der Waals surface area contributed by atoms with E-state index in [0.717, 1.165) is 16.7 Å². The number of carbonyl (C=O) groups excluding carboxylic acids is 1. The third-order valence-corrected chi connectivity index (χ3v) is 3.69. The highest BCUT2D eigenvalue weighted by atomic mass is 35.5. The summed E-state index contributed by atoms with van der Waals surface area (Å²) in [5, 5.41) is 17.8. The predicted octanol–water partition coefficient (Wildman–Crippen LogP) is 1.43. The van der Waals surface area contributed by atoms with Crippen molar-refractivity contribution < 1.29 is 24.6 Å². The van der Waals surface area contributed by atoms with Gasteiger partial charge < -0.3 is 15.1 Å². The van der Waals surface area contributed by atoms with E-state index in [1.54, 1.807) is 24.3 Å². The van der Waals surface area contributed by atoms with Gasteiger partial charge in [0.25, 0.3) is 0 Å². The molecule has 0 saturated heterocycles. The summed E-state index contributed by atoms with van der Waals surface area (Å²) >= 11 is 7.05. The largest absolute Gasteiger partial charge is 0.480 e. The summed E-state index contributed by atoms with van der Waals surface area (Å²) in [6, 6.07) is 6.89. The van der Waals surface area contributed by atoms with E-state index in [1.807, 2.05) is 0 Å². The second kappa shape index (κ2) is 7.76. The summed E-state index contributed by atoms with van der Waals surface area (Å²) in [7, 11) is 0. The van der Waals surface area contributed by atoms with Crippen LogP contribution in [-0.2, 0) is 14.4 Å². The van der Waals surface area contributed by atoms with Crippen LogP contribution in [0.25, 0.3) is 0 Å². The van der Waals surface area contributed by atoms with Crippen molar-refractivity contribution in [2.24, 2.45) is 0 Å². The molecular weight excluding hydrogens is 306 g/mol. The first-order valence-corrected chi connectivity index (χ1v) is 6.85. The SMILES string of the molecule is O=C(O)CN(CC(=O)O)C(=O)CSc1ccccc1Cl. The Hall–Kier alpha value is -1.73. The molecule has 0 radical (unpaired) electrons. The number of carboxylic acids is 2. The number of aliphatic carboxylic acids is 2. The second-order valence-electron chi connectivity index (χ2n) is 3.76. The lowest BCUT2D eigenvalue weighted by Crippen LogP contribution is -2.40. The Bertz CT molecular complexity index is 506. The van der Waals surface area contributed by atoms with Crippen molar-refractivity contribution in [1.29, 1.82) is 0 Å². The molecule has 0 atom stereocenters. The zero-order valence-corrected chi connectivity index (χ0v) is 11.9. The van der Waals surface area contributed by atoms with E-state index in [4.69, 9.17) is 21.8 Å². The van der Waals surface area contributed by atoms with Crippen LogP contribution in [0, 0.1) is 0 Å². The minimum absolute atomic E-state index is 0.0791. The van der Waals surface area contributed by atoms with Gasteiger partial charge in [-0.05, 0) is 12.1 Å². The molecule has 1 amide bonds. The molecule has 0 aliphatic heterocycles. The average molecular weight is 318 g/mol. The summed E-state index contributed by atoms with van der Waals surface area (Å²) in [5.41, 5.74) is 0. The zero-order chi connectivity index (χ0) is 15.1. The topological polar surface area (TPSA) is 94.9 Å². The fourth-order valence-corrected chi connectivity index (χ4v) is 2.49. The number of thioether (sulfide) groups is 1. The van der Waals surface area contributed by atoms with Crippen LogP contribution >= 0.6 is 23.4 Å². The lowest BCUT2D eigenvalue weighted by Gasteiger charge is -2.18. The third kappa shape index (κ3) is 5.50.